The number of nitrogens with zero attached hydrogens (tertiary/aromatic N) is 5. The van der Waals surface area contributed by atoms with Gasteiger partial charge in [0.2, 0.25) is 24.4 Å². The fourth-order valence-electron chi connectivity index (χ4n) is 2.10. The number of nitro benzene ring substituents is 1. The molecule has 0 amide bonds. The molecule has 0 bridgehead atoms. The average Bonchev–Trinajstić information content (AvgIpc) is 3.37. The first-order valence-electron chi connectivity index (χ1n) is 7.28. The highest BCUT2D eigenvalue weighted by Crippen LogP contribution is 2.26. The van der Waals surface area contributed by atoms with Gasteiger partial charge >= 0.3 is 0 Å². The Labute approximate surface area is 146 Å². The first-order valence-corrected chi connectivity index (χ1v) is 7.28. The molecule has 0 unspecified atom stereocenters. The van der Waals surface area contributed by atoms with Crippen molar-refractivity contribution in [2.24, 2.45) is 0 Å². The molecule has 2 heterocycles. The lowest BCUT2D eigenvalue weighted by molar-refractivity contribution is -0.384. The molecule has 0 radical (unpaired) electrons. The van der Waals surface area contributed by atoms with Crippen LogP contribution in [0.1, 0.15) is 0 Å². The lowest BCUT2D eigenvalue weighted by atomic mass is 10.2. The predicted molar refractivity (Wildman–Crippen MR) is 90.5 cm³/mol. The summed E-state index contributed by atoms with van der Waals surface area (Å²) in [5, 5.41) is 17.9. The number of nitrogen functional groups attached to an aromatic ring is 1. The number of nitrogens with two attached hydrogens (primary N) is 1. The molecule has 2 aromatic carbocycles. The maximum Gasteiger partial charge on any atom is 0.280 e. The molecule has 2 aromatic heterocycles. The molecule has 10 heteroatoms. The van der Waals surface area contributed by atoms with E-state index in [1.165, 1.54) is 12.5 Å². The van der Waals surface area contributed by atoms with Crippen LogP contribution < -0.4 is 5.73 Å². The second kappa shape index (κ2) is 7.66. The van der Waals surface area contributed by atoms with Gasteiger partial charge in [-0.2, -0.15) is 9.97 Å². The van der Waals surface area contributed by atoms with E-state index in [0.717, 1.165) is 12.0 Å². The Morgan fingerprint density at radius 2 is 1.38 bits per heavy atom. The first-order chi connectivity index (χ1) is 12.7. The van der Waals surface area contributed by atoms with Gasteiger partial charge in [-0.15, -0.1) is 0 Å². The topological polar surface area (TPSA) is 147 Å². The van der Waals surface area contributed by atoms with E-state index in [-0.39, 0.29) is 11.5 Å². The Balaban J connectivity index is 0.000000152. The Morgan fingerprint density at radius 1 is 0.846 bits per heavy atom. The van der Waals surface area contributed by atoms with E-state index in [4.69, 9.17) is 5.73 Å². The quantitative estimate of drug-likeness (QED) is 0.334. The molecule has 0 saturated heterocycles. The third-order valence-electron chi connectivity index (χ3n) is 3.27. The van der Waals surface area contributed by atoms with Gasteiger partial charge in [0.25, 0.3) is 5.69 Å². The zero-order chi connectivity index (χ0) is 18.4. The minimum absolute atomic E-state index is 0.0334. The highest BCUT2D eigenvalue weighted by molar-refractivity contribution is 5.70. The molecule has 0 atom stereocenters. The minimum atomic E-state index is -0.480. The Kier molecular flexibility index (Phi) is 4.94. The summed E-state index contributed by atoms with van der Waals surface area (Å²) in [6, 6.07) is 13.6. The Bertz CT molecular complexity index is 986. The standard InChI is InChI=1S/C8H5N3O3.C8H7N3O/c12-11(13)7-4-2-1-3-6(7)8-9-5-14-10-8;9-7-4-2-1-3-6(7)8-10-5-12-11-8/h1-5H;1-5H,9H2. The van der Waals surface area contributed by atoms with Crippen molar-refractivity contribution < 1.29 is 14.0 Å². The second-order valence-corrected chi connectivity index (χ2v) is 4.87. The molecule has 0 spiro atoms. The summed E-state index contributed by atoms with van der Waals surface area (Å²) in [4.78, 5) is 17.8. The SMILES string of the molecule is Nc1ccccc1-c1ncon1.O=[N+]([O-])c1ccccc1-c1ncon1. The fraction of sp³-hybridized carbons (Fsp3) is 0. The van der Waals surface area contributed by atoms with Crippen molar-refractivity contribution in [3.8, 4) is 22.8 Å². The largest absolute Gasteiger partial charge is 0.398 e. The van der Waals surface area contributed by atoms with Crippen molar-refractivity contribution in [2.45, 2.75) is 0 Å². The van der Waals surface area contributed by atoms with Gasteiger partial charge in [0, 0.05) is 17.3 Å². The van der Waals surface area contributed by atoms with E-state index >= 15 is 0 Å². The van der Waals surface area contributed by atoms with Crippen LogP contribution in [0.25, 0.3) is 22.8 Å². The predicted octanol–water partition coefficient (Wildman–Crippen LogP) is 2.96. The van der Waals surface area contributed by atoms with E-state index < -0.39 is 4.92 Å². The van der Waals surface area contributed by atoms with Gasteiger partial charge in [-0.3, -0.25) is 10.1 Å². The van der Waals surface area contributed by atoms with Crippen molar-refractivity contribution in [3.63, 3.8) is 0 Å². The average molecular weight is 352 g/mol. The summed E-state index contributed by atoms with van der Waals surface area (Å²) in [5.41, 5.74) is 7.46. The van der Waals surface area contributed by atoms with Crippen LogP contribution in [0.2, 0.25) is 0 Å². The van der Waals surface area contributed by atoms with Crippen LogP contribution in [0.4, 0.5) is 11.4 Å². The van der Waals surface area contributed by atoms with Crippen LogP contribution in [-0.4, -0.2) is 25.2 Å². The lowest BCUT2D eigenvalue weighted by Gasteiger charge is -1.97. The maximum atomic E-state index is 10.6. The molecular weight excluding hydrogens is 340 g/mol. The fourth-order valence-corrected chi connectivity index (χ4v) is 2.10. The van der Waals surface area contributed by atoms with E-state index in [9.17, 15) is 10.1 Å². The number of benzene rings is 2. The van der Waals surface area contributed by atoms with E-state index in [2.05, 4.69) is 29.3 Å². The smallest absolute Gasteiger partial charge is 0.280 e. The van der Waals surface area contributed by atoms with Gasteiger partial charge in [-0.1, -0.05) is 34.6 Å². The molecule has 10 nitrogen and oxygen atoms in total. The molecule has 0 aliphatic heterocycles. The van der Waals surface area contributed by atoms with E-state index in [0.29, 0.717) is 17.1 Å². The van der Waals surface area contributed by atoms with Crippen LogP contribution in [-0.2, 0) is 0 Å². The monoisotopic (exact) mass is 352 g/mol. The summed E-state index contributed by atoms with van der Waals surface area (Å²) in [6.07, 6.45) is 2.41. The van der Waals surface area contributed by atoms with Crippen LogP contribution in [0.3, 0.4) is 0 Å². The minimum Gasteiger partial charge on any atom is -0.398 e. The van der Waals surface area contributed by atoms with Gasteiger partial charge < -0.3 is 14.8 Å². The number of rotatable bonds is 3. The maximum absolute atomic E-state index is 10.6. The van der Waals surface area contributed by atoms with Gasteiger partial charge in [0.15, 0.2) is 0 Å². The normalized spacial score (nSPS) is 10.0. The zero-order valence-corrected chi connectivity index (χ0v) is 13.2. The van der Waals surface area contributed by atoms with Crippen LogP contribution in [0.15, 0.2) is 70.4 Å². The third kappa shape index (κ3) is 3.70. The van der Waals surface area contributed by atoms with Crippen molar-refractivity contribution >= 4 is 11.4 Å². The molecule has 2 N–H and O–H groups in total. The van der Waals surface area contributed by atoms with Crippen molar-refractivity contribution in [1.29, 1.82) is 0 Å². The van der Waals surface area contributed by atoms with E-state index in [1.807, 2.05) is 18.2 Å². The molecule has 4 rings (SSSR count). The van der Waals surface area contributed by atoms with Crippen molar-refractivity contribution in [2.75, 3.05) is 5.73 Å². The molecule has 4 aromatic rings. The Hall–Kier alpha value is -4.08. The van der Waals surface area contributed by atoms with Crippen LogP contribution >= 0.6 is 0 Å². The number of anilines is 1. The molecule has 0 saturated carbocycles. The molecule has 0 aliphatic rings. The van der Waals surface area contributed by atoms with E-state index in [1.54, 1.807) is 24.3 Å². The number of hydrogen-bond donors (Lipinski definition) is 1. The number of nitro groups is 1. The van der Waals surface area contributed by atoms with Crippen LogP contribution in [0.5, 0.6) is 0 Å². The summed E-state index contributed by atoms with van der Waals surface area (Å²) in [5.74, 6) is 0.741. The Morgan fingerprint density at radius 3 is 1.92 bits per heavy atom. The summed E-state index contributed by atoms with van der Waals surface area (Å²) in [6.45, 7) is 0. The van der Waals surface area contributed by atoms with Gasteiger partial charge in [-0.05, 0) is 18.2 Å². The highest BCUT2D eigenvalue weighted by Gasteiger charge is 2.16. The zero-order valence-electron chi connectivity index (χ0n) is 13.2. The second-order valence-electron chi connectivity index (χ2n) is 4.87. The molecule has 0 fully saturated rings. The van der Waals surface area contributed by atoms with Crippen LogP contribution in [0, 0.1) is 10.1 Å². The van der Waals surface area contributed by atoms with Crippen molar-refractivity contribution in [1.82, 2.24) is 20.3 Å². The lowest BCUT2D eigenvalue weighted by Crippen LogP contribution is -1.92. The molecule has 130 valence electrons. The van der Waals surface area contributed by atoms with Gasteiger partial charge in [-0.25, -0.2) is 0 Å². The summed E-state index contributed by atoms with van der Waals surface area (Å²) in [7, 11) is 0. The highest BCUT2D eigenvalue weighted by atomic mass is 16.6. The summed E-state index contributed by atoms with van der Waals surface area (Å²) < 4.78 is 9.13. The number of aromatic nitrogens is 4. The molecule has 26 heavy (non-hydrogen) atoms. The molecule has 0 aliphatic carbocycles. The number of hydrogen-bond acceptors (Lipinski definition) is 9. The molecular formula is C16H12N6O4. The first kappa shape index (κ1) is 16.8. The number of para-hydroxylation sites is 2. The van der Waals surface area contributed by atoms with Crippen molar-refractivity contribution in [3.05, 3.63) is 71.4 Å². The third-order valence-corrected chi connectivity index (χ3v) is 3.27. The van der Waals surface area contributed by atoms with Gasteiger partial charge in [0.05, 0.1) is 4.92 Å². The summed E-state index contributed by atoms with van der Waals surface area (Å²) >= 11 is 0. The van der Waals surface area contributed by atoms with Gasteiger partial charge in [0.1, 0.15) is 5.56 Å².